The predicted molar refractivity (Wildman–Crippen MR) is 76.2 cm³/mol. The normalized spacial score (nSPS) is 17.1. The summed E-state index contributed by atoms with van der Waals surface area (Å²) in [6, 6.07) is 9.27. The molecule has 2 rings (SSSR count). The minimum Gasteiger partial charge on any atom is -0.383 e. The van der Waals surface area contributed by atoms with Gasteiger partial charge in [-0.25, -0.2) is 0 Å². The summed E-state index contributed by atoms with van der Waals surface area (Å²) in [6.07, 6.45) is 2.65. The average molecular weight is 248 g/mol. The van der Waals surface area contributed by atoms with E-state index >= 15 is 0 Å². The van der Waals surface area contributed by atoms with Gasteiger partial charge in [-0.05, 0) is 37.5 Å². The van der Waals surface area contributed by atoms with Gasteiger partial charge in [0.05, 0.1) is 6.61 Å². The first-order chi connectivity index (χ1) is 8.81. The molecule has 1 aromatic rings. The highest BCUT2D eigenvalue weighted by atomic mass is 16.5. The summed E-state index contributed by atoms with van der Waals surface area (Å²) < 4.78 is 5.06. The fourth-order valence-electron chi connectivity index (χ4n) is 2.46. The third-order valence-corrected chi connectivity index (χ3v) is 3.60. The maximum Gasteiger partial charge on any atom is 0.0587 e. The second-order valence-corrected chi connectivity index (χ2v) is 4.96. The zero-order valence-electron chi connectivity index (χ0n) is 11.5. The Morgan fingerprint density at radius 3 is 2.83 bits per heavy atom. The first kappa shape index (κ1) is 13.4. The summed E-state index contributed by atoms with van der Waals surface area (Å²) in [4.78, 5) is 2.48. The Balaban J connectivity index is 1.97. The van der Waals surface area contributed by atoms with Crippen LogP contribution in [0.4, 0.5) is 5.69 Å². The first-order valence-electron chi connectivity index (χ1n) is 6.88. The van der Waals surface area contributed by atoms with Crippen LogP contribution in [0.25, 0.3) is 0 Å². The molecule has 1 heterocycles. The highest BCUT2D eigenvalue weighted by molar-refractivity contribution is 5.49. The summed E-state index contributed by atoms with van der Waals surface area (Å²) in [6.45, 7) is 6.27. The van der Waals surface area contributed by atoms with Crippen molar-refractivity contribution in [2.45, 2.75) is 25.8 Å². The molecular weight excluding hydrogens is 224 g/mol. The van der Waals surface area contributed by atoms with Crippen LogP contribution in [0, 0.1) is 0 Å². The molecule has 1 fully saturated rings. The van der Waals surface area contributed by atoms with E-state index < -0.39 is 0 Å². The Hall–Kier alpha value is -1.06. The fraction of sp³-hybridized carbons (Fsp3) is 0.600. The second kappa shape index (κ2) is 6.76. The van der Waals surface area contributed by atoms with Gasteiger partial charge in [-0.15, -0.1) is 0 Å². The minimum absolute atomic E-state index is 0.378. The van der Waals surface area contributed by atoms with Crippen molar-refractivity contribution in [2.24, 2.45) is 0 Å². The number of rotatable bonds is 6. The predicted octanol–water partition coefficient (Wildman–Crippen LogP) is 2.58. The van der Waals surface area contributed by atoms with Crippen LogP contribution in [0.1, 0.15) is 31.4 Å². The molecule has 0 saturated carbocycles. The molecule has 18 heavy (non-hydrogen) atoms. The number of nitrogens with zero attached hydrogens (tertiary/aromatic N) is 1. The lowest BCUT2D eigenvalue weighted by atomic mass is 10.1. The first-order valence-corrected chi connectivity index (χ1v) is 6.88. The molecule has 0 amide bonds. The Labute approximate surface area is 110 Å². The monoisotopic (exact) mass is 248 g/mol. The van der Waals surface area contributed by atoms with E-state index in [2.05, 4.69) is 41.4 Å². The number of hydrogen-bond donors (Lipinski definition) is 1. The molecule has 0 aromatic heterocycles. The van der Waals surface area contributed by atoms with Crippen molar-refractivity contribution in [1.29, 1.82) is 0 Å². The summed E-state index contributed by atoms with van der Waals surface area (Å²) in [5, 5.41) is 3.47. The van der Waals surface area contributed by atoms with Gasteiger partial charge in [0, 0.05) is 38.5 Å². The molecule has 3 nitrogen and oxygen atoms in total. The topological polar surface area (TPSA) is 24.5 Å². The van der Waals surface area contributed by atoms with Crippen LogP contribution in [0.5, 0.6) is 0 Å². The number of benzene rings is 1. The molecule has 1 aliphatic heterocycles. The zero-order valence-corrected chi connectivity index (χ0v) is 11.5. The minimum atomic E-state index is 0.378. The molecule has 1 saturated heterocycles. The van der Waals surface area contributed by atoms with Crippen LogP contribution in [-0.4, -0.2) is 33.4 Å². The van der Waals surface area contributed by atoms with Gasteiger partial charge in [-0.2, -0.15) is 0 Å². The lowest BCUT2D eigenvalue weighted by Crippen LogP contribution is -2.23. The quantitative estimate of drug-likeness (QED) is 0.783. The third-order valence-electron chi connectivity index (χ3n) is 3.60. The van der Waals surface area contributed by atoms with Gasteiger partial charge >= 0.3 is 0 Å². The van der Waals surface area contributed by atoms with Gasteiger partial charge in [0.15, 0.2) is 0 Å². The Kier molecular flexibility index (Phi) is 5.02. The molecule has 1 aromatic carbocycles. The molecule has 1 aliphatic rings. The molecule has 1 atom stereocenters. The largest absolute Gasteiger partial charge is 0.383 e. The summed E-state index contributed by atoms with van der Waals surface area (Å²) in [7, 11) is 1.74. The van der Waals surface area contributed by atoms with Gasteiger partial charge < -0.3 is 15.0 Å². The number of methoxy groups -OCH3 is 1. The third kappa shape index (κ3) is 3.47. The maximum absolute atomic E-state index is 5.06. The van der Waals surface area contributed by atoms with Crippen LogP contribution >= 0.6 is 0 Å². The van der Waals surface area contributed by atoms with E-state index in [1.165, 1.54) is 37.2 Å². The molecule has 100 valence electrons. The van der Waals surface area contributed by atoms with Crippen molar-refractivity contribution >= 4 is 5.69 Å². The van der Waals surface area contributed by atoms with Gasteiger partial charge in [0.25, 0.3) is 0 Å². The summed E-state index contributed by atoms with van der Waals surface area (Å²) in [5.74, 6) is 0. The molecule has 3 heteroatoms. The highest BCUT2D eigenvalue weighted by Crippen LogP contribution is 2.23. The van der Waals surface area contributed by atoms with E-state index in [1.807, 2.05) is 0 Å². The van der Waals surface area contributed by atoms with Crippen LogP contribution in [0.3, 0.4) is 0 Å². The van der Waals surface area contributed by atoms with E-state index in [0.29, 0.717) is 6.04 Å². The van der Waals surface area contributed by atoms with Crippen LogP contribution in [0.15, 0.2) is 24.3 Å². The SMILES string of the molecule is COCCN[C@H](C)c1cccc(N2CCCC2)c1. The summed E-state index contributed by atoms with van der Waals surface area (Å²) >= 11 is 0. The average Bonchev–Trinajstić information content (AvgIpc) is 2.93. The molecular formula is C15H24N2O. The van der Waals surface area contributed by atoms with Crippen molar-refractivity contribution in [3.63, 3.8) is 0 Å². The van der Waals surface area contributed by atoms with E-state index in [-0.39, 0.29) is 0 Å². The number of hydrogen-bond acceptors (Lipinski definition) is 3. The van der Waals surface area contributed by atoms with Crippen LogP contribution in [0.2, 0.25) is 0 Å². The van der Waals surface area contributed by atoms with Crippen LogP contribution in [-0.2, 0) is 4.74 Å². The van der Waals surface area contributed by atoms with E-state index in [9.17, 15) is 0 Å². The number of ether oxygens (including phenoxy) is 1. The Bertz CT molecular complexity index is 361. The van der Waals surface area contributed by atoms with Crippen LogP contribution < -0.4 is 10.2 Å². The Morgan fingerprint density at radius 1 is 1.33 bits per heavy atom. The van der Waals surface area contributed by atoms with Gasteiger partial charge in [-0.3, -0.25) is 0 Å². The van der Waals surface area contributed by atoms with Gasteiger partial charge in [0.2, 0.25) is 0 Å². The molecule has 1 N–H and O–H groups in total. The van der Waals surface area contributed by atoms with Crippen molar-refractivity contribution in [2.75, 3.05) is 38.3 Å². The van der Waals surface area contributed by atoms with Gasteiger partial charge in [-0.1, -0.05) is 12.1 Å². The molecule has 0 unspecified atom stereocenters. The molecule has 0 aliphatic carbocycles. The van der Waals surface area contributed by atoms with Crippen molar-refractivity contribution < 1.29 is 4.74 Å². The Morgan fingerprint density at radius 2 is 2.11 bits per heavy atom. The summed E-state index contributed by atoms with van der Waals surface area (Å²) in [5.41, 5.74) is 2.72. The maximum atomic E-state index is 5.06. The van der Waals surface area contributed by atoms with Crippen molar-refractivity contribution in [3.05, 3.63) is 29.8 Å². The number of anilines is 1. The van der Waals surface area contributed by atoms with Crippen molar-refractivity contribution in [1.82, 2.24) is 5.32 Å². The smallest absolute Gasteiger partial charge is 0.0587 e. The molecule has 0 spiro atoms. The van der Waals surface area contributed by atoms with E-state index in [1.54, 1.807) is 7.11 Å². The van der Waals surface area contributed by atoms with Gasteiger partial charge in [0.1, 0.15) is 0 Å². The fourth-order valence-corrected chi connectivity index (χ4v) is 2.46. The lowest BCUT2D eigenvalue weighted by molar-refractivity contribution is 0.196. The standard InChI is InChI=1S/C15H24N2O/c1-13(16-8-11-18-2)14-6-5-7-15(12-14)17-9-3-4-10-17/h5-7,12-13,16H,3-4,8-11H2,1-2H3/t13-/m1/s1. The van der Waals surface area contributed by atoms with Crippen molar-refractivity contribution in [3.8, 4) is 0 Å². The molecule has 0 radical (unpaired) electrons. The number of nitrogens with one attached hydrogen (secondary N) is 1. The zero-order chi connectivity index (χ0) is 12.8. The lowest BCUT2D eigenvalue weighted by Gasteiger charge is -2.20. The molecule has 0 bridgehead atoms. The second-order valence-electron chi connectivity index (χ2n) is 4.96. The highest BCUT2D eigenvalue weighted by Gasteiger charge is 2.13. The van der Waals surface area contributed by atoms with E-state index in [4.69, 9.17) is 4.74 Å². The van der Waals surface area contributed by atoms with E-state index in [0.717, 1.165) is 13.2 Å².